The van der Waals surface area contributed by atoms with E-state index in [-0.39, 0.29) is 30.6 Å². The van der Waals surface area contributed by atoms with Crippen LogP contribution in [0.5, 0.6) is 0 Å². The molecule has 1 aromatic carbocycles. The number of anilines is 1. The molecule has 39 heavy (non-hydrogen) atoms. The minimum Gasteiger partial charge on any atom is -0.367 e. The van der Waals surface area contributed by atoms with Crippen LogP contribution in [0.2, 0.25) is 0 Å². The molecule has 5 aliphatic rings. The van der Waals surface area contributed by atoms with Gasteiger partial charge in [-0.2, -0.15) is 0 Å². The van der Waals surface area contributed by atoms with Gasteiger partial charge in [0.05, 0.1) is 5.69 Å². The number of carbonyl (C=O) groups is 3. The van der Waals surface area contributed by atoms with Crippen LogP contribution in [0.25, 0.3) is 0 Å². The molecule has 1 atom stereocenters. The lowest BCUT2D eigenvalue weighted by Gasteiger charge is -2.40. The maximum absolute atomic E-state index is 15.2. The quantitative estimate of drug-likeness (QED) is 0.528. The number of nitrogens with one attached hydrogen (secondary N) is 2. The molecule has 0 bridgehead atoms. The summed E-state index contributed by atoms with van der Waals surface area (Å²) < 4.78 is 15.2. The summed E-state index contributed by atoms with van der Waals surface area (Å²) >= 11 is 0. The molecule has 2 N–H and O–H groups in total. The zero-order chi connectivity index (χ0) is 26.9. The fraction of sp³-hybridized carbons (Fsp3) is 0.690. The predicted octanol–water partition coefficient (Wildman–Crippen LogP) is 1.42. The van der Waals surface area contributed by atoms with Gasteiger partial charge in [0.15, 0.2) is 0 Å². The molecule has 9 nitrogen and oxygen atoms in total. The molecule has 0 radical (unpaired) electrons. The van der Waals surface area contributed by atoms with Crippen LogP contribution in [0.4, 0.5) is 10.1 Å². The molecular formula is C29H41FN6O3. The number of halogens is 1. The van der Waals surface area contributed by atoms with Gasteiger partial charge >= 0.3 is 0 Å². The Bertz CT molecular complexity index is 1090. The maximum atomic E-state index is 15.2. The van der Waals surface area contributed by atoms with Crippen LogP contribution >= 0.6 is 0 Å². The number of hydrogen-bond acceptors (Lipinski definition) is 7. The number of imide groups is 1. The van der Waals surface area contributed by atoms with Gasteiger partial charge in [-0.05, 0) is 61.6 Å². The number of carbonyl (C=O) groups excluding carboxylic acids is 3. The first kappa shape index (κ1) is 26.7. The van der Waals surface area contributed by atoms with Crippen LogP contribution in [-0.2, 0) is 16.1 Å². The summed E-state index contributed by atoms with van der Waals surface area (Å²) in [6.07, 6.45) is 5.81. The van der Waals surface area contributed by atoms with Crippen molar-refractivity contribution >= 4 is 23.4 Å². The first-order chi connectivity index (χ1) is 18.9. The summed E-state index contributed by atoms with van der Waals surface area (Å²) in [5.41, 5.74) is 1.62. The largest absolute Gasteiger partial charge is 0.367 e. The van der Waals surface area contributed by atoms with Crippen molar-refractivity contribution in [3.63, 3.8) is 0 Å². The number of amides is 3. The van der Waals surface area contributed by atoms with E-state index in [2.05, 4.69) is 25.3 Å². The molecule has 0 aromatic heterocycles. The van der Waals surface area contributed by atoms with Gasteiger partial charge in [0, 0.05) is 84.0 Å². The number of piperazine rings is 2. The van der Waals surface area contributed by atoms with Gasteiger partial charge in [-0.1, -0.05) is 0 Å². The van der Waals surface area contributed by atoms with Crippen molar-refractivity contribution in [2.24, 2.45) is 11.8 Å². The SMILES string of the molecule is O=C1CCC(N2Cc3cc(N4CCN(CC5CCC(CN6CCNCC6)CC5)CC4)c(F)cc3C2=O)C(=O)N1. The third kappa shape index (κ3) is 5.83. The van der Waals surface area contributed by atoms with Crippen molar-refractivity contribution in [3.05, 3.63) is 29.1 Å². The Morgan fingerprint density at radius 2 is 1.46 bits per heavy atom. The molecule has 0 spiro atoms. The second-order valence-electron chi connectivity index (χ2n) is 12.1. The smallest absolute Gasteiger partial charge is 0.255 e. The van der Waals surface area contributed by atoms with E-state index in [0.717, 1.165) is 63.2 Å². The van der Waals surface area contributed by atoms with Crippen molar-refractivity contribution in [2.75, 3.05) is 70.3 Å². The predicted molar refractivity (Wildman–Crippen MR) is 146 cm³/mol. The highest BCUT2D eigenvalue weighted by Gasteiger charge is 2.40. The van der Waals surface area contributed by atoms with E-state index in [1.165, 1.54) is 56.3 Å². The second-order valence-corrected chi connectivity index (χ2v) is 12.1. The lowest BCUT2D eigenvalue weighted by atomic mass is 9.81. The lowest BCUT2D eigenvalue weighted by Crippen LogP contribution is -2.52. The standard InChI is InChI=1S/C29H41FN6O3/c30-24-16-23-22(19-36(29(23)39)25-5-6-27(37)32-28(25)38)15-26(24)35-13-11-34(12-14-35)18-21-3-1-20(2-4-21)17-33-9-7-31-8-10-33/h15-16,20-21,25,31H,1-14,17-19H2,(H,32,37,38). The van der Waals surface area contributed by atoms with E-state index in [1.807, 2.05) is 0 Å². The van der Waals surface area contributed by atoms with Gasteiger partial charge in [-0.15, -0.1) is 0 Å². The van der Waals surface area contributed by atoms with Crippen molar-refractivity contribution in [1.29, 1.82) is 0 Å². The Balaban J connectivity index is 0.995. The van der Waals surface area contributed by atoms with E-state index in [0.29, 0.717) is 17.7 Å². The van der Waals surface area contributed by atoms with E-state index < -0.39 is 11.9 Å². The first-order valence-corrected chi connectivity index (χ1v) is 14.8. The zero-order valence-corrected chi connectivity index (χ0v) is 22.8. The second kappa shape index (κ2) is 11.5. The van der Waals surface area contributed by atoms with Crippen LogP contribution in [-0.4, -0.2) is 104 Å². The van der Waals surface area contributed by atoms with E-state index in [1.54, 1.807) is 6.07 Å². The van der Waals surface area contributed by atoms with Crippen LogP contribution in [0.3, 0.4) is 0 Å². The summed E-state index contributed by atoms with van der Waals surface area (Å²) in [4.78, 5) is 45.6. The molecular weight excluding hydrogens is 499 g/mol. The monoisotopic (exact) mass is 540 g/mol. The van der Waals surface area contributed by atoms with Gasteiger partial charge in [0.25, 0.3) is 5.91 Å². The average molecular weight is 541 g/mol. The number of rotatable bonds is 6. The summed E-state index contributed by atoms with van der Waals surface area (Å²) in [5, 5.41) is 5.76. The number of benzene rings is 1. The van der Waals surface area contributed by atoms with Crippen LogP contribution in [0.15, 0.2) is 12.1 Å². The molecule has 1 saturated carbocycles. The van der Waals surface area contributed by atoms with E-state index >= 15 is 4.39 Å². The molecule has 3 saturated heterocycles. The van der Waals surface area contributed by atoms with Gasteiger partial charge in [-0.25, -0.2) is 4.39 Å². The van der Waals surface area contributed by atoms with Gasteiger partial charge in [0.1, 0.15) is 11.9 Å². The molecule has 3 amide bonds. The van der Waals surface area contributed by atoms with Crippen LogP contribution < -0.4 is 15.5 Å². The number of fused-ring (bicyclic) bond motifs is 1. The Morgan fingerprint density at radius 1 is 0.821 bits per heavy atom. The summed E-state index contributed by atoms with van der Waals surface area (Å²) in [6.45, 7) is 10.6. The lowest BCUT2D eigenvalue weighted by molar-refractivity contribution is -0.136. The van der Waals surface area contributed by atoms with Gasteiger partial charge in [0.2, 0.25) is 11.8 Å². The van der Waals surface area contributed by atoms with Crippen LogP contribution in [0, 0.1) is 17.7 Å². The maximum Gasteiger partial charge on any atom is 0.255 e. The van der Waals surface area contributed by atoms with Crippen molar-refractivity contribution in [3.8, 4) is 0 Å². The van der Waals surface area contributed by atoms with Gasteiger partial charge in [-0.3, -0.25) is 24.6 Å². The number of piperidine rings is 1. The molecule has 4 fully saturated rings. The molecule has 4 aliphatic heterocycles. The summed E-state index contributed by atoms with van der Waals surface area (Å²) in [7, 11) is 0. The Kier molecular flexibility index (Phi) is 7.86. The van der Waals surface area contributed by atoms with Crippen molar-refractivity contribution in [1.82, 2.24) is 25.3 Å². The topological polar surface area (TPSA) is 88.2 Å². The molecule has 4 heterocycles. The van der Waals surface area contributed by atoms with E-state index in [9.17, 15) is 14.4 Å². The van der Waals surface area contributed by atoms with Gasteiger partial charge < -0.3 is 20.0 Å². The first-order valence-electron chi connectivity index (χ1n) is 14.8. The summed E-state index contributed by atoms with van der Waals surface area (Å²) in [6, 6.07) is 2.45. The molecule has 1 unspecified atom stereocenters. The van der Waals surface area contributed by atoms with Crippen LogP contribution in [0.1, 0.15) is 54.4 Å². The fourth-order valence-electron chi connectivity index (χ4n) is 7.21. The molecule has 1 aromatic rings. The van der Waals surface area contributed by atoms with E-state index in [4.69, 9.17) is 0 Å². The Labute approximate surface area is 230 Å². The third-order valence-corrected chi connectivity index (χ3v) is 9.51. The Morgan fingerprint density at radius 3 is 2.10 bits per heavy atom. The number of nitrogens with zero attached hydrogens (tertiary/aromatic N) is 4. The Hall–Kier alpha value is -2.56. The minimum absolute atomic E-state index is 0.207. The average Bonchev–Trinajstić information content (AvgIpc) is 3.25. The highest BCUT2D eigenvalue weighted by Crippen LogP contribution is 2.34. The van der Waals surface area contributed by atoms with Crippen molar-refractivity contribution in [2.45, 2.75) is 51.1 Å². The number of hydrogen-bond donors (Lipinski definition) is 2. The molecule has 212 valence electrons. The minimum atomic E-state index is -0.685. The fourth-order valence-corrected chi connectivity index (χ4v) is 7.21. The highest BCUT2D eigenvalue weighted by molar-refractivity contribution is 6.05. The third-order valence-electron chi connectivity index (χ3n) is 9.51. The highest BCUT2D eigenvalue weighted by atomic mass is 19.1. The zero-order valence-electron chi connectivity index (χ0n) is 22.8. The summed E-state index contributed by atoms with van der Waals surface area (Å²) in [5.74, 6) is 0.123. The van der Waals surface area contributed by atoms with Crippen molar-refractivity contribution < 1.29 is 18.8 Å². The molecule has 1 aliphatic carbocycles. The molecule has 10 heteroatoms. The molecule has 6 rings (SSSR count). The normalized spacial score (nSPS) is 29.1.